The van der Waals surface area contributed by atoms with Gasteiger partial charge in [-0.1, -0.05) is 0 Å². The number of rotatable bonds is 6. The highest BCUT2D eigenvalue weighted by Crippen LogP contribution is 2.18. The van der Waals surface area contributed by atoms with Crippen LogP contribution in [0.25, 0.3) is 0 Å². The number of hydrogen-bond acceptors (Lipinski definition) is 5. The third-order valence-electron chi connectivity index (χ3n) is 2.59. The van der Waals surface area contributed by atoms with Crippen LogP contribution in [0.15, 0.2) is 46.2 Å². The SMILES string of the molecule is CNc1ccncc1S(=O)(=O)NCCc1ccco1. The van der Waals surface area contributed by atoms with E-state index in [1.54, 1.807) is 31.5 Å². The number of pyridine rings is 1. The predicted molar refractivity (Wildman–Crippen MR) is 71.4 cm³/mol. The highest BCUT2D eigenvalue weighted by molar-refractivity contribution is 7.89. The Morgan fingerprint density at radius 3 is 2.89 bits per heavy atom. The molecule has 0 bridgehead atoms. The highest BCUT2D eigenvalue weighted by Gasteiger charge is 2.17. The fraction of sp³-hybridized carbons (Fsp3) is 0.250. The quantitative estimate of drug-likeness (QED) is 0.832. The highest BCUT2D eigenvalue weighted by atomic mass is 32.2. The molecule has 0 atom stereocenters. The second-order valence-electron chi connectivity index (χ2n) is 3.85. The van der Waals surface area contributed by atoms with E-state index in [1.165, 1.54) is 12.4 Å². The molecule has 0 saturated carbocycles. The van der Waals surface area contributed by atoms with Crippen LogP contribution in [0.2, 0.25) is 0 Å². The smallest absolute Gasteiger partial charge is 0.244 e. The van der Waals surface area contributed by atoms with Crippen molar-refractivity contribution < 1.29 is 12.8 Å². The summed E-state index contributed by atoms with van der Waals surface area (Å²) in [7, 11) is -1.91. The van der Waals surface area contributed by atoms with Crippen molar-refractivity contribution in [1.29, 1.82) is 0 Å². The van der Waals surface area contributed by atoms with Gasteiger partial charge >= 0.3 is 0 Å². The monoisotopic (exact) mass is 281 g/mol. The van der Waals surface area contributed by atoms with Crippen molar-refractivity contribution in [2.45, 2.75) is 11.3 Å². The van der Waals surface area contributed by atoms with Crippen LogP contribution in [0.3, 0.4) is 0 Å². The third-order valence-corrected chi connectivity index (χ3v) is 4.08. The van der Waals surface area contributed by atoms with Gasteiger partial charge in [-0.3, -0.25) is 4.98 Å². The van der Waals surface area contributed by atoms with Crippen molar-refractivity contribution >= 4 is 15.7 Å². The average Bonchev–Trinajstić information content (AvgIpc) is 2.91. The molecule has 102 valence electrons. The van der Waals surface area contributed by atoms with Gasteiger partial charge in [0.1, 0.15) is 10.7 Å². The standard InChI is InChI=1S/C12H15N3O3S/c1-13-11-5-6-14-9-12(11)19(16,17)15-7-4-10-3-2-8-18-10/h2-3,5-6,8-9,15H,4,7H2,1H3,(H,13,14). The predicted octanol–water partition coefficient (Wildman–Crippen LogP) is 1.24. The zero-order valence-electron chi connectivity index (χ0n) is 10.5. The van der Waals surface area contributed by atoms with E-state index in [-0.39, 0.29) is 11.4 Å². The molecule has 0 aliphatic rings. The summed E-state index contributed by atoms with van der Waals surface area (Å²) in [6, 6.07) is 5.18. The van der Waals surface area contributed by atoms with Crippen molar-refractivity contribution in [2.24, 2.45) is 0 Å². The lowest BCUT2D eigenvalue weighted by Gasteiger charge is -2.09. The molecule has 19 heavy (non-hydrogen) atoms. The van der Waals surface area contributed by atoms with Gasteiger partial charge in [0.15, 0.2) is 0 Å². The molecule has 6 nitrogen and oxygen atoms in total. The molecule has 2 heterocycles. The molecule has 2 aromatic rings. The largest absolute Gasteiger partial charge is 0.469 e. The van der Waals surface area contributed by atoms with Gasteiger partial charge in [0, 0.05) is 32.4 Å². The summed E-state index contributed by atoms with van der Waals surface area (Å²) in [5.41, 5.74) is 0.514. The second kappa shape index (κ2) is 5.85. The van der Waals surface area contributed by atoms with Gasteiger partial charge in [-0.25, -0.2) is 13.1 Å². The first-order chi connectivity index (χ1) is 9.13. The zero-order chi connectivity index (χ0) is 13.7. The molecular weight excluding hydrogens is 266 g/mol. The summed E-state index contributed by atoms with van der Waals surface area (Å²) < 4.78 is 31.9. The van der Waals surface area contributed by atoms with Gasteiger partial charge in [-0.05, 0) is 18.2 Å². The fourth-order valence-electron chi connectivity index (χ4n) is 1.64. The molecule has 0 aliphatic carbocycles. The fourth-order valence-corrected chi connectivity index (χ4v) is 2.83. The molecule has 0 saturated heterocycles. The number of nitrogens with one attached hydrogen (secondary N) is 2. The number of aromatic nitrogens is 1. The second-order valence-corrected chi connectivity index (χ2v) is 5.58. The number of furan rings is 1. The first-order valence-electron chi connectivity index (χ1n) is 5.77. The van der Waals surface area contributed by atoms with Crippen molar-refractivity contribution in [2.75, 3.05) is 18.9 Å². The van der Waals surface area contributed by atoms with Crippen LogP contribution in [0.1, 0.15) is 5.76 Å². The summed E-state index contributed by atoms with van der Waals surface area (Å²) in [4.78, 5) is 3.98. The van der Waals surface area contributed by atoms with Crippen molar-refractivity contribution in [3.05, 3.63) is 42.6 Å². The minimum atomic E-state index is -3.57. The summed E-state index contributed by atoms with van der Waals surface area (Å²) in [5.74, 6) is 0.739. The van der Waals surface area contributed by atoms with E-state index in [9.17, 15) is 8.42 Å². The molecule has 2 N–H and O–H groups in total. The Morgan fingerprint density at radius 2 is 2.21 bits per heavy atom. The molecule has 0 spiro atoms. The van der Waals surface area contributed by atoms with E-state index in [0.29, 0.717) is 12.1 Å². The minimum Gasteiger partial charge on any atom is -0.469 e. The maximum Gasteiger partial charge on any atom is 0.244 e. The Balaban J connectivity index is 2.05. The topological polar surface area (TPSA) is 84.2 Å². The number of hydrogen-bond donors (Lipinski definition) is 2. The number of anilines is 1. The van der Waals surface area contributed by atoms with Crippen LogP contribution >= 0.6 is 0 Å². The molecule has 7 heteroatoms. The van der Waals surface area contributed by atoms with Gasteiger partial charge in [0.2, 0.25) is 10.0 Å². The van der Waals surface area contributed by atoms with E-state index < -0.39 is 10.0 Å². The zero-order valence-corrected chi connectivity index (χ0v) is 11.3. The van der Waals surface area contributed by atoms with Crippen LogP contribution in [-0.2, 0) is 16.4 Å². The summed E-state index contributed by atoms with van der Waals surface area (Å²) in [6.45, 7) is 0.272. The first kappa shape index (κ1) is 13.6. The van der Waals surface area contributed by atoms with Gasteiger partial charge in [0.05, 0.1) is 12.0 Å². The number of nitrogens with zero attached hydrogens (tertiary/aromatic N) is 1. The molecule has 0 unspecified atom stereocenters. The van der Waals surface area contributed by atoms with E-state index >= 15 is 0 Å². The molecule has 2 rings (SSSR count). The number of sulfonamides is 1. The van der Waals surface area contributed by atoms with Crippen LogP contribution < -0.4 is 10.0 Å². The summed E-state index contributed by atoms with van der Waals surface area (Å²) >= 11 is 0. The van der Waals surface area contributed by atoms with Crippen molar-refractivity contribution in [1.82, 2.24) is 9.71 Å². The first-order valence-corrected chi connectivity index (χ1v) is 7.25. The Morgan fingerprint density at radius 1 is 1.37 bits per heavy atom. The van der Waals surface area contributed by atoms with E-state index in [1.807, 2.05) is 0 Å². The minimum absolute atomic E-state index is 0.136. The van der Waals surface area contributed by atoms with Gasteiger partial charge < -0.3 is 9.73 Å². The molecule has 0 radical (unpaired) electrons. The van der Waals surface area contributed by atoms with Crippen LogP contribution in [0.4, 0.5) is 5.69 Å². The van der Waals surface area contributed by atoms with Crippen molar-refractivity contribution in [3.63, 3.8) is 0 Å². The maximum absolute atomic E-state index is 12.1. The van der Waals surface area contributed by atoms with E-state index in [0.717, 1.165) is 5.76 Å². The molecular formula is C12H15N3O3S. The molecule has 0 aliphatic heterocycles. The van der Waals surface area contributed by atoms with Crippen LogP contribution in [-0.4, -0.2) is 27.0 Å². The Hall–Kier alpha value is -1.86. The summed E-state index contributed by atoms with van der Waals surface area (Å²) in [6.07, 6.45) is 4.92. The summed E-state index contributed by atoms with van der Waals surface area (Å²) in [5, 5.41) is 2.83. The molecule has 2 aromatic heterocycles. The molecule has 0 amide bonds. The Kier molecular flexibility index (Phi) is 4.18. The normalized spacial score (nSPS) is 11.4. The van der Waals surface area contributed by atoms with E-state index in [4.69, 9.17) is 4.42 Å². The lowest BCUT2D eigenvalue weighted by atomic mass is 10.3. The Labute approximate surface area is 111 Å². The molecule has 0 aromatic carbocycles. The lowest BCUT2D eigenvalue weighted by molar-refractivity contribution is 0.506. The van der Waals surface area contributed by atoms with Crippen LogP contribution in [0.5, 0.6) is 0 Å². The average molecular weight is 281 g/mol. The lowest BCUT2D eigenvalue weighted by Crippen LogP contribution is -2.26. The van der Waals surface area contributed by atoms with Crippen LogP contribution in [0, 0.1) is 0 Å². The molecule has 0 fully saturated rings. The Bertz CT molecular complexity index is 623. The third kappa shape index (κ3) is 3.33. The van der Waals surface area contributed by atoms with Gasteiger partial charge in [-0.15, -0.1) is 0 Å². The van der Waals surface area contributed by atoms with E-state index in [2.05, 4.69) is 15.0 Å². The maximum atomic E-state index is 12.1. The van der Waals surface area contributed by atoms with Gasteiger partial charge in [-0.2, -0.15) is 0 Å². The van der Waals surface area contributed by atoms with Gasteiger partial charge in [0.25, 0.3) is 0 Å². The van der Waals surface area contributed by atoms with Crippen molar-refractivity contribution in [3.8, 4) is 0 Å².